The molecule has 0 aliphatic carbocycles. The van der Waals surface area contributed by atoms with E-state index in [9.17, 15) is 30.0 Å². The first-order chi connectivity index (χ1) is 34.8. The molecule has 18 heteroatoms. The van der Waals surface area contributed by atoms with Gasteiger partial charge in [0.25, 0.3) is 0 Å². The van der Waals surface area contributed by atoms with E-state index >= 15 is 0 Å². The van der Waals surface area contributed by atoms with Gasteiger partial charge in [-0.1, -0.05) is 59.6 Å². The smallest absolute Gasteiger partial charge is 0.320 e. The third kappa shape index (κ3) is 14.1. The summed E-state index contributed by atoms with van der Waals surface area (Å²) in [5, 5.41) is 44.8. The Balaban J connectivity index is 1.08. The number of aliphatic carboxylic acids is 2. The summed E-state index contributed by atoms with van der Waals surface area (Å²) < 4.78 is 25.4. The number of pyridine rings is 2. The van der Waals surface area contributed by atoms with E-state index in [1.807, 2.05) is 56.5 Å². The zero-order valence-corrected chi connectivity index (χ0v) is 41.5. The van der Waals surface area contributed by atoms with Crippen LogP contribution in [-0.2, 0) is 49.1 Å². The molecule has 0 spiro atoms. The number of carboxylic acid groups (broad SMARTS) is 2. The van der Waals surface area contributed by atoms with Crippen molar-refractivity contribution in [1.29, 1.82) is 0 Å². The van der Waals surface area contributed by atoms with Crippen LogP contribution in [0.25, 0.3) is 11.1 Å². The molecule has 2 aromatic heterocycles. The predicted octanol–water partition coefficient (Wildman–Crippen LogP) is 8.41. The van der Waals surface area contributed by atoms with E-state index in [1.165, 1.54) is 0 Å². The Morgan fingerprint density at radius 1 is 0.653 bits per heavy atom. The highest BCUT2D eigenvalue weighted by atomic mass is 35.5. The fraction of sp³-hybridized carbons (Fsp3) is 0.296. The number of rotatable bonds is 27. The van der Waals surface area contributed by atoms with Gasteiger partial charge in [-0.3, -0.25) is 29.5 Å². The molecule has 16 nitrogen and oxygen atoms in total. The highest BCUT2D eigenvalue weighted by Crippen LogP contribution is 2.38. The van der Waals surface area contributed by atoms with Gasteiger partial charge in [0.05, 0.1) is 10.0 Å². The number of ether oxygens (including phenoxy) is 4. The van der Waals surface area contributed by atoms with Crippen LogP contribution < -0.4 is 29.6 Å². The minimum Gasteiger partial charge on any atom is -0.488 e. The van der Waals surface area contributed by atoms with Crippen molar-refractivity contribution in [1.82, 2.24) is 20.6 Å². The van der Waals surface area contributed by atoms with E-state index in [-0.39, 0.29) is 71.6 Å². The van der Waals surface area contributed by atoms with Crippen molar-refractivity contribution in [3.63, 3.8) is 0 Å². The van der Waals surface area contributed by atoms with E-state index < -0.39 is 24.0 Å². The largest absolute Gasteiger partial charge is 0.488 e. The van der Waals surface area contributed by atoms with Crippen molar-refractivity contribution in [2.45, 2.75) is 84.3 Å². The number of nitrogens with zero attached hydrogens (tertiary/aromatic N) is 4. The Morgan fingerprint density at radius 2 is 1.12 bits per heavy atom. The van der Waals surface area contributed by atoms with Crippen LogP contribution in [0.2, 0.25) is 10.0 Å². The van der Waals surface area contributed by atoms with Crippen LogP contribution in [0.3, 0.4) is 0 Å². The van der Waals surface area contributed by atoms with Crippen LogP contribution >= 0.6 is 23.2 Å². The summed E-state index contributed by atoms with van der Waals surface area (Å²) in [5.41, 5.74) is 10.4. The van der Waals surface area contributed by atoms with Crippen LogP contribution in [0.15, 0.2) is 108 Å². The van der Waals surface area contributed by atoms with Gasteiger partial charge >= 0.3 is 11.9 Å². The molecule has 72 heavy (non-hydrogen) atoms. The Bertz CT molecular complexity index is 2930. The lowest BCUT2D eigenvalue weighted by molar-refractivity contribution is -0.140. The number of hydrogen-bond donors (Lipinski definition) is 6. The summed E-state index contributed by atoms with van der Waals surface area (Å²) >= 11 is 13.7. The number of aliphatic hydroxyl groups excluding tert-OH is 2. The summed E-state index contributed by atoms with van der Waals surface area (Å²) in [4.78, 5) is 40.6. The fourth-order valence-corrected chi connectivity index (χ4v) is 8.42. The molecule has 6 N–H and O–H groups in total. The second kappa shape index (κ2) is 25.5. The van der Waals surface area contributed by atoms with Crippen LogP contribution in [-0.4, -0.2) is 87.1 Å². The molecule has 0 fully saturated rings. The van der Waals surface area contributed by atoms with E-state index in [0.29, 0.717) is 44.2 Å². The summed E-state index contributed by atoms with van der Waals surface area (Å²) in [7, 11) is 1.68. The van der Waals surface area contributed by atoms with Gasteiger partial charge in [-0.25, -0.2) is 0 Å². The van der Waals surface area contributed by atoms with Gasteiger partial charge in [0.2, 0.25) is 0 Å². The lowest BCUT2D eigenvalue weighted by Crippen LogP contribution is -2.37. The first-order valence-corrected chi connectivity index (χ1v) is 23.9. The van der Waals surface area contributed by atoms with Crippen LogP contribution in [0, 0.1) is 13.8 Å². The molecule has 0 saturated heterocycles. The summed E-state index contributed by atoms with van der Waals surface area (Å²) in [6.07, 6.45) is 10.4. The summed E-state index contributed by atoms with van der Waals surface area (Å²) in [6, 6.07) is 20.7. The van der Waals surface area contributed by atoms with Gasteiger partial charge < -0.3 is 50.0 Å². The van der Waals surface area contributed by atoms with Gasteiger partial charge in [-0.05, 0) is 84.3 Å². The second-order valence-corrected chi connectivity index (χ2v) is 17.9. The van der Waals surface area contributed by atoms with Gasteiger partial charge in [-0.15, -0.1) is 0 Å². The minimum atomic E-state index is -1.09. The first-order valence-electron chi connectivity index (χ1n) is 23.2. The average Bonchev–Trinajstić information content (AvgIpc) is 4.22. The zero-order valence-electron chi connectivity index (χ0n) is 40.0. The van der Waals surface area contributed by atoms with Gasteiger partial charge in [-0.2, -0.15) is 0 Å². The van der Waals surface area contributed by atoms with E-state index in [4.69, 9.17) is 42.1 Å². The lowest BCUT2D eigenvalue weighted by Gasteiger charge is -2.20. The van der Waals surface area contributed by atoms with Crippen molar-refractivity contribution in [3.8, 4) is 34.1 Å². The average molecular weight is 1020 g/mol. The standard InChI is InChI=1S/C54H56Cl2N6O10/c1-32-37(30-71-51-18-49(69-28-35-14-34(20-57-3)21-58-22-35)40(16-44(51)55)25-60-46(10-12-63)53(65)66)6-4-8-42(32)43-9-5-7-38(33(43)2)31-72-52-19-50(70-29-36-15-39(24-59-23-36)48-27-62-48)41(17-45(52)56)26-61-47(11-13-64)54(67)68/h4-9,14-24,27,46-48,60-61,63-64H,10-13,25-26,28-31H2,1-3H3,(H,65,66)(H,67,68)/t46-,47-,48?/m1/s1. The number of halogens is 2. The maximum Gasteiger partial charge on any atom is 0.320 e. The topological polar surface area (TPSA) is 227 Å². The van der Waals surface area contributed by atoms with Crippen LogP contribution in [0.1, 0.15) is 74.5 Å². The van der Waals surface area contributed by atoms with Crippen LogP contribution in [0.4, 0.5) is 0 Å². The molecule has 3 heterocycles. The number of carbonyl (C=O) groups is 2. The molecule has 6 aromatic rings. The van der Waals surface area contributed by atoms with E-state index in [0.717, 1.165) is 55.6 Å². The summed E-state index contributed by atoms with van der Waals surface area (Å²) in [5.74, 6) is -0.578. The molecule has 0 radical (unpaired) electrons. The number of aromatic nitrogens is 2. The zero-order chi connectivity index (χ0) is 51.1. The molecule has 1 aliphatic rings. The first kappa shape index (κ1) is 52.9. The third-order valence-electron chi connectivity index (χ3n) is 12.0. The van der Waals surface area contributed by atoms with E-state index in [2.05, 4.69) is 42.7 Å². The molecular weight excluding hydrogens is 964 g/mol. The minimum absolute atomic E-state index is 0.0208. The lowest BCUT2D eigenvalue weighted by atomic mass is 9.92. The Hall–Kier alpha value is -6.92. The Morgan fingerprint density at radius 3 is 1.58 bits per heavy atom. The molecule has 0 amide bonds. The fourth-order valence-electron chi connectivity index (χ4n) is 7.93. The highest BCUT2D eigenvalue weighted by molar-refractivity contribution is 6.32. The van der Waals surface area contributed by atoms with Crippen molar-refractivity contribution in [2.75, 3.05) is 20.3 Å². The number of aliphatic hydroxyl groups is 2. The van der Waals surface area contributed by atoms with Crippen molar-refractivity contribution >= 4 is 47.6 Å². The molecule has 0 bridgehead atoms. The monoisotopic (exact) mass is 1020 g/mol. The maximum atomic E-state index is 11.9. The quantitative estimate of drug-likeness (QED) is 0.0267. The number of hydrogen-bond acceptors (Lipinski definition) is 14. The maximum absolute atomic E-state index is 11.9. The number of benzene rings is 4. The molecule has 1 unspecified atom stereocenters. The molecule has 0 saturated carbocycles. The number of nitrogens with one attached hydrogen (secondary N) is 2. The predicted molar refractivity (Wildman–Crippen MR) is 275 cm³/mol. The normalized spacial score (nSPS) is 13.7. The van der Waals surface area contributed by atoms with Crippen LogP contribution in [0.5, 0.6) is 23.0 Å². The van der Waals surface area contributed by atoms with E-state index in [1.54, 1.807) is 62.3 Å². The Kier molecular flexibility index (Phi) is 18.7. The van der Waals surface area contributed by atoms with Gasteiger partial charge in [0, 0.05) is 116 Å². The number of aliphatic imine (C=N–C) groups is 2. The molecule has 376 valence electrons. The van der Waals surface area contributed by atoms with Gasteiger partial charge in [0.1, 0.15) is 67.6 Å². The SMILES string of the molecule is CN=Cc1cncc(COc2cc(OCc3cccc(-c4cccc(COc5cc(OCc6cncc(C7C=N7)c6)c(CN[C@H](CCO)C(=O)O)cc5Cl)c4C)c3C)c(Cl)cc2CN[C@H](CCO)C(=O)O)c1. The molecule has 7 rings (SSSR count). The van der Waals surface area contributed by atoms with Crippen molar-refractivity contribution < 1.29 is 49.0 Å². The molecule has 1 aliphatic heterocycles. The number of carboxylic acids is 2. The van der Waals surface area contributed by atoms with Crippen molar-refractivity contribution in [2.24, 2.45) is 9.98 Å². The summed E-state index contributed by atoms with van der Waals surface area (Å²) in [6.45, 7) is 4.33. The molecular formula is C54H56Cl2N6O10. The highest BCUT2D eigenvalue weighted by Gasteiger charge is 2.22. The van der Waals surface area contributed by atoms with Crippen molar-refractivity contribution in [3.05, 3.63) is 163 Å². The Labute approximate surface area is 427 Å². The molecule has 4 aromatic carbocycles. The second-order valence-electron chi connectivity index (χ2n) is 17.1. The third-order valence-corrected chi connectivity index (χ3v) is 12.6. The van der Waals surface area contributed by atoms with Gasteiger partial charge in [0.15, 0.2) is 0 Å². The molecule has 3 atom stereocenters.